The number of amides is 1. The summed E-state index contributed by atoms with van der Waals surface area (Å²) in [4.78, 5) is 15.4. The van der Waals surface area contributed by atoms with Crippen LogP contribution >= 0.6 is 23.2 Å². The molecule has 1 saturated heterocycles. The van der Waals surface area contributed by atoms with E-state index in [0.29, 0.717) is 18.1 Å². The number of halogens is 2. The molecule has 3 aromatic rings. The predicted molar refractivity (Wildman–Crippen MR) is 142 cm³/mol. The lowest BCUT2D eigenvalue weighted by molar-refractivity contribution is -0.125. The minimum atomic E-state index is -0.218. The lowest BCUT2D eigenvalue weighted by Gasteiger charge is -2.24. The number of methoxy groups -OCH3 is 1. The maximum Gasteiger partial charge on any atom is 0.237 e. The number of carbonyl (C=O) groups excluding carboxylic acids is 1. The second-order valence-corrected chi connectivity index (χ2v) is 9.71. The highest BCUT2D eigenvalue weighted by Gasteiger charge is 2.36. The van der Waals surface area contributed by atoms with Crippen molar-refractivity contribution in [2.45, 2.75) is 38.0 Å². The van der Waals surface area contributed by atoms with Crippen molar-refractivity contribution in [1.29, 1.82) is 0 Å². The number of nitrogens with zero attached hydrogens (tertiary/aromatic N) is 1. The van der Waals surface area contributed by atoms with Crippen LogP contribution in [0.25, 0.3) is 0 Å². The summed E-state index contributed by atoms with van der Waals surface area (Å²) in [7, 11) is 1.67. The number of hydrogen-bond donors (Lipinski definition) is 2. The summed E-state index contributed by atoms with van der Waals surface area (Å²) < 4.78 is 5.25. The lowest BCUT2D eigenvalue weighted by atomic mass is 10.1. The molecule has 2 atom stereocenters. The first kappa shape index (κ1) is 25.5. The van der Waals surface area contributed by atoms with Crippen LogP contribution in [-0.2, 0) is 24.3 Å². The molecule has 2 unspecified atom stereocenters. The number of ether oxygens (including phenoxy) is 1. The van der Waals surface area contributed by atoms with Crippen molar-refractivity contribution < 1.29 is 9.53 Å². The molecule has 184 valence electrons. The molecule has 35 heavy (non-hydrogen) atoms. The molecule has 4 rings (SSSR count). The monoisotopic (exact) mass is 511 g/mol. The Morgan fingerprint density at radius 3 is 2.43 bits per heavy atom. The summed E-state index contributed by atoms with van der Waals surface area (Å²) in [5.41, 5.74) is 3.36. The number of nitrogens with one attached hydrogen (secondary N) is 2. The highest BCUT2D eigenvalue weighted by molar-refractivity contribution is 6.31. The minimum Gasteiger partial charge on any atom is -0.497 e. The SMILES string of the molecule is COc1ccc(CNC2CC(C(=O)NCCc3ccc(Cl)cc3)N(Cc3ccccc3Cl)C2)cc1. The Morgan fingerprint density at radius 1 is 1.00 bits per heavy atom. The van der Waals surface area contributed by atoms with Crippen molar-refractivity contribution >= 4 is 29.1 Å². The van der Waals surface area contributed by atoms with Gasteiger partial charge in [-0.3, -0.25) is 9.69 Å². The van der Waals surface area contributed by atoms with E-state index in [0.717, 1.165) is 47.8 Å². The fraction of sp³-hybridized carbons (Fsp3) is 0.321. The number of rotatable bonds is 10. The molecule has 1 amide bonds. The predicted octanol–water partition coefficient (Wildman–Crippen LogP) is 5.09. The van der Waals surface area contributed by atoms with Crippen LogP contribution in [0.5, 0.6) is 5.75 Å². The molecule has 1 aliphatic rings. The molecule has 1 fully saturated rings. The van der Waals surface area contributed by atoms with Gasteiger partial charge in [-0.1, -0.05) is 65.7 Å². The van der Waals surface area contributed by atoms with Crippen LogP contribution in [0.4, 0.5) is 0 Å². The molecule has 0 aliphatic carbocycles. The van der Waals surface area contributed by atoms with E-state index in [4.69, 9.17) is 27.9 Å². The Kier molecular flexibility index (Phi) is 9.05. The van der Waals surface area contributed by atoms with Crippen molar-refractivity contribution in [1.82, 2.24) is 15.5 Å². The van der Waals surface area contributed by atoms with Crippen molar-refractivity contribution in [3.63, 3.8) is 0 Å². The molecule has 0 aromatic heterocycles. The number of benzene rings is 3. The van der Waals surface area contributed by atoms with Crippen molar-refractivity contribution in [3.8, 4) is 5.75 Å². The summed E-state index contributed by atoms with van der Waals surface area (Å²) in [6.07, 6.45) is 1.51. The Labute approximate surface area is 217 Å². The van der Waals surface area contributed by atoms with Crippen LogP contribution in [0.3, 0.4) is 0 Å². The maximum atomic E-state index is 13.2. The van der Waals surface area contributed by atoms with E-state index in [1.165, 1.54) is 5.56 Å². The van der Waals surface area contributed by atoms with E-state index in [2.05, 4.69) is 27.7 Å². The highest BCUT2D eigenvalue weighted by Crippen LogP contribution is 2.25. The minimum absolute atomic E-state index is 0.0553. The van der Waals surface area contributed by atoms with E-state index < -0.39 is 0 Å². The second-order valence-electron chi connectivity index (χ2n) is 8.87. The number of carbonyl (C=O) groups is 1. The van der Waals surface area contributed by atoms with Gasteiger partial charge >= 0.3 is 0 Å². The van der Waals surface area contributed by atoms with Crippen LogP contribution in [0.1, 0.15) is 23.1 Å². The molecule has 0 radical (unpaired) electrons. The summed E-state index contributed by atoms with van der Waals surface area (Å²) in [6, 6.07) is 23.6. The van der Waals surface area contributed by atoms with Crippen LogP contribution in [0.2, 0.25) is 10.0 Å². The van der Waals surface area contributed by atoms with E-state index in [9.17, 15) is 4.79 Å². The maximum absolute atomic E-state index is 13.2. The van der Waals surface area contributed by atoms with Crippen molar-refractivity contribution in [2.24, 2.45) is 0 Å². The van der Waals surface area contributed by atoms with Crippen molar-refractivity contribution in [2.75, 3.05) is 20.2 Å². The summed E-state index contributed by atoms with van der Waals surface area (Å²) >= 11 is 12.4. The molecule has 1 aliphatic heterocycles. The quantitative estimate of drug-likeness (QED) is 0.397. The first-order valence-corrected chi connectivity index (χ1v) is 12.6. The fourth-order valence-corrected chi connectivity index (χ4v) is 4.77. The molecular weight excluding hydrogens is 481 g/mol. The van der Waals surface area contributed by atoms with Crippen LogP contribution in [0, 0.1) is 0 Å². The molecule has 0 bridgehead atoms. The van der Waals surface area contributed by atoms with Gasteiger partial charge in [0.15, 0.2) is 0 Å². The van der Waals surface area contributed by atoms with Crippen LogP contribution in [0.15, 0.2) is 72.8 Å². The molecule has 0 saturated carbocycles. The Bertz CT molecular complexity index is 1110. The van der Waals surface area contributed by atoms with E-state index in [1.54, 1.807) is 7.11 Å². The van der Waals surface area contributed by atoms with Gasteiger partial charge in [0.2, 0.25) is 5.91 Å². The zero-order chi connectivity index (χ0) is 24.6. The van der Waals surface area contributed by atoms with Gasteiger partial charge in [-0.05, 0) is 59.9 Å². The average Bonchev–Trinajstić information content (AvgIpc) is 3.28. The van der Waals surface area contributed by atoms with E-state index in [1.807, 2.05) is 60.7 Å². The first-order chi connectivity index (χ1) is 17.0. The van der Waals surface area contributed by atoms with Gasteiger partial charge < -0.3 is 15.4 Å². The molecular formula is C28H31Cl2N3O2. The Morgan fingerprint density at radius 2 is 1.71 bits per heavy atom. The number of likely N-dealkylation sites (tertiary alicyclic amines) is 1. The molecule has 7 heteroatoms. The standard InChI is InChI=1S/C28H31Cl2N3O2/c1-35-25-12-8-21(9-13-25)17-32-24-16-27(33(19-24)18-22-4-2-3-5-26(22)30)28(34)31-15-14-20-6-10-23(29)11-7-20/h2-13,24,27,32H,14-19H2,1H3,(H,31,34). The van der Waals surface area contributed by atoms with Crippen LogP contribution in [-0.4, -0.2) is 43.1 Å². The van der Waals surface area contributed by atoms with Gasteiger partial charge in [0, 0.05) is 42.3 Å². The third-order valence-electron chi connectivity index (χ3n) is 6.42. The van der Waals surface area contributed by atoms with E-state index >= 15 is 0 Å². The van der Waals surface area contributed by atoms with Gasteiger partial charge in [0.25, 0.3) is 0 Å². The number of hydrogen-bond acceptors (Lipinski definition) is 4. The molecule has 0 spiro atoms. The average molecular weight is 512 g/mol. The molecule has 5 nitrogen and oxygen atoms in total. The molecule has 3 aromatic carbocycles. The third kappa shape index (κ3) is 7.21. The zero-order valence-electron chi connectivity index (χ0n) is 19.8. The van der Waals surface area contributed by atoms with Gasteiger partial charge in [-0.2, -0.15) is 0 Å². The van der Waals surface area contributed by atoms with E-state index in [-0.39, 0.29) is 18.0 Å². The van der Waals surface area contributed by atoms with Gasteiger partial charge in [0.05, 0.1) is 13.2 Å². The Hall–Kier alpha value is -2.57. The molecule has 2 N–H and O–H groups in total. The first-order valence-electron chi connectivity index (χ1n) is 11.9. The van der Waals surface area contributed by atoms with Gasteiger partial charge in [-0.25, -0.2) is 0 Å². The fourth-order valence-electron chi connectivity index (χ4n) is 4.45. The van der Waals surface area contributed by atoms with Crippen LogP contribution < -0.4 is 15.4 Å². The lowest BCUT2D eigenvalue weighted by Crippen LogP contribution is -2.43. The normalized spacial score (nSPS) is 17.9. The third-order valence-corrected chi connectivity index (χ3v) is 7.04. The smallest absolute Gasteiger partial charge is 0.237 e. The second kappa shape index (κ2) is 12.4. The van der Waals surface area contributed by atoms with Crippen molar-refractivity contribution in [3.05, 3.63) is 99.5 Å². The largest absolute Gasteiger partial charge is 0.497 e. The summed E-state index contributed by atoms with van der Waals surface area (Å²) in [5.74, 6) is 0.899. The topological polar surface area (TPSA) is 53.6 Å². The summed E-state index contributed by atoms with van der Waals surface area (Å²) in [5, 5.41) is 8.21. The highest BCUT2D eigenvalue weighted by atomic mass is 35.5. The zero-order valence-corrected chi connectivity index (χ0v) is 21.4. The van der Waals surface area contributed by atoms with Gasteiger partial charge in [0.1, 0.15) is 5.75 Å². The van der Waals surface area contributed by atoms with Gasteiger partial charge in [-0.15, -0.1) is 0 Å². The summed E-state index contributed by atoms with van der Waals surface area (Å²) in [6.45, 7) is 2.73. The molecule has 1 heterocycles. The Balaban J connectivity index is 1.37.